The number of nitrogens with two attached hydrogens (primary N) is 1. The summed E-state index contributed by atoms with van der Waals surface area (Å²) in [6, 6.07) is 4.99. The van der Waals surface area contributed by atoms with E-state index in [-0.39, 0.29) is 5.41 Å². The van der Waals surface area contributed by atoms with Gasteiger partial charge in [-0.3, -0.25) is 0 Å². The quantitative estimate of drug-likeness (QED) is 0.856. The molecule has 0 aliphatic carbocycles. The first-order valence-corrected chi connectivity index (χ1v) is 8.99. The van der Waals surface area contributed by atoms with E-state index >= 15 is 0 Å². The molecule has 21 heavy (non-hydrogen) atoms. The Balaban J connectivity index is 2.20. The lowest BCUT2D eigenvalue weighted by molar-refractivity contribution is 0.311. The summed E-state index contributed by atoms with van der Waals surface area (Å²) in [5.41, 5.74) is 7.38. The van der Waals surface area contributed by atoms with Crippen LogP contribution in [-0.4, -0.2) is 31.2 Å². The Bertz CT molecular complexity index is 732. The summed E-state index contributed by atoms with van der Waals surface area (Å²) in [7, 11) is -3.19. The number of benzene rings is 1. The van der Waals surface area contributed by atoms with E-state index in [1.807, 2.05) is 0 Å². The molecule has 6 heteroatoms. The second-order valence-corrected chi connectivity index (χ2v) is 8.35. The molecule has 0 amide bonds. The molecule has 1 aromatic carbocycles. The van der Waals surface area contributed by atoms with E-state index in [0.29, 0.717) is 11.4 Å². The van der Waals surface area contributed by atoms with Gasteiger partial charge in [0.25, 0.3) is 0 Å². The first-order chi connectivity index (χ1) is 9.71. The number of aromatic amines is 1. The van der Waals surface area contributed by atoms with Gasteiger partial charge in [-0.1, -0.05) is 13.8 Å². The SMILES string of the molecule is CC(C)(CCN)CCc1nc2ccc(S(C)(=O)=O)cc2[nH]1. The molecule has 2 aromatic rings. The number of H-pyrrole nitrogens is 1. The van der Waals surface area contributed by atoms with Gasteiger partial charge >= 0.3 is 0 Å². The van der Waals surface area contributed by atoms with Gasteiger partial charge in [0.05, 0.1) is 15.9 Å². The highest BCUT2D eigenvalue weighted by Gasteiger charge is 2.17. The van der Waals surface area contributed by atoms with Crippen LogP contribution in [0, 0.1) is 5.41 Å². The fraction of sp³-hybridized carbons (Fsp3) is 0.533. The molecule has 0 saturated carbocycles. The summed E-state index contributed by atoms with van der Waals surface area (Å²) >= 11 is 0. The maximum atomic E-state index is 11.6. The lowest BCUT2D eigenvalue weighted by Gasteiger charge is -2.22. The highest BCUT2D eigenvalue weighted by molar-refractivity contribution is 7.90. The van der Waals surface area contributed by atoms with E-state index in [2.05, 4.69) is 23.8 Å². The lowest BCUT2D eigenvalue weighted by atomic mass is 9.84. The summed E-state index contributed by atoms with van der Waals surface area (Å²) in [5.74, 6) is 0.890. The molecule has 0 saturated heterocycles. The highest BCUT2D eigenvalue weighted by atomic mass is 32.2. The summed E-state index contributed by atoms with van der Waals surface area (Å²) in [5, 5.41) is 0. The average molecular weight is 309 g/mol. The van der Waals surface area contributed by atoms with Gasteiger partial charge in [-0.05, 0) is 43.0 Å². The third-order valence-electron chi connectivity index (χ3n) is 3.79. The van der Waals surface area contributed by atoms with Gasteiger partial charge < -0.3 is 10.7 Å². The molecule has 1 heterocycles. The van der Waals surface area contributed by atoms with Gasteiger partial charge in [-0.2, -0.15) is 0 Å². The maximum absolute atomic E-state index is 11.6. The summed E-state index contributed by atoms with van der Waals surface area (Å²) in [6.07, 6.45) is 4.01. The topological polar surface area (TPSA) is 88.8 Å². The molecular weight excluding hydrogens is 286 g/mol. The number of rotatable bonds is 6. The second-order valence-electron chi connectivity index (χ2n) is 6.34. The van der Waals surface area contributed by atoms with E-state index in [9.17, 15) is 8.42 Å². The molecule has 116 valence electrons. The standard InChI is InChI=1S/C15H23N3O2S/c1-15(2,8-9-16)7-6-14-17-12-5-4-11(21(3,19)20)10-13(12)18-14/h4-5,10H,6-9,16H2,1-3H3,(H,17,18). The van der Waals surface area contributed by atoms with Crippen molar-refractivity contribution in [2.75, 3.05) is 12.8 Å². The third kappa shape index (κ3) is 4.04. The fourth-order valence-corrected chi connectivity index (χ4v) is 3.01. The zero-order valence-electron chi connectivity index (χ0n) is 12.8. The van der Waals surface area contributed by atoms with Crippen LogP contribution in [0.4, 0.5) is 0 Å². The molecule has 0 fully saturated rings. The number of sulfone groups is 1. The Hall–Kier alpha value is -1.40. The van der Waals surface area contributed by atoms with Crippen molar-refractivity contribution in [2.45, 2.75) is 38.0 Å². The predicted octanol–water partition coefficient (Wildman–Crippen LogP) is 2.27. The van der Waals surface area contributed by atoms with Crippen LogP contribution in [0.2, 0.25) is 0 Å². The predicted molar refractivity (Wildman–Crippen MR) is 85.0 cm³/mol. The highest BCUT2D eigenvalue weighted by Crippen LogP contribution is 2.26. The molecule has 0 aliphatic heterocycles. The largest absolute Gasteiger partial charge is 0.342 e. The number of nitrogens with one attached hydrogen (secondary N) is 1. The van der Waals surface area contributed by atoms with Gasteiger partial charge in [0.2, 0.25) is 0 Å². The summed E-state index contributed by atoms with van der Waals surface area (Å²) in [6.45, 7) is 5.08. The van der Waals surface area contributed by atoms with Crippen molar-refractivity contribution in [2.24, 2.45) is 11.1 Å². The Morgan fingerprint density at radius 3 is 2.62 bits per heavy atom. The molecule has 0 atom stereocenters. The number of hydrogen-bond acceptors (Lipinski definition) is 4. The monoisotopic (exact) mass is 309 g/mol. The Morgan fingerprint density at radius 1 is 1.29 bits per heavy atom. The zero-order chi connectivity index (χ0) is 15.7. The Morgan fingerprint density at radius 2 is 2.00 bits per heavy atom. The number of fused-ring (bicyclic) bond motifs is 1. The molecule has 0 unspecified atom stereocenters. The minimum absolute atomic E-state index is 0.186. The molecule has 1 aromatic heterocycles. The number of imidazole rings is 1. The van der Waals surface area contributed by atoms with Crippen molar-refractivity contribution in [1.82, 2.24) is 9.97 Å². The zero-order valence-corrected chi connectivity index (χ0v) is 13.6. The second kappa shape index (κ2) is 5.77. The van der Waals surface area contributed by atoms with E-state index in [1.165, 1.54) is 6.26 Å². The van der Waals surface area contributed by atoms with Crippen LogP contribution in [0.5, 0.6) is 0 Å². The van der Waals surface area contributed by atoms with Crippen molar-refractivity contribution in [3.8, 4) is 0 Å². The van der Waals surface area contributed by atoms with Gasteiger partial charge in [0, 0.05) is 12.7 Å². The van der Waals surface area contributed by atoms with Crippen LogP contribution in [0.1, 0.15) is 32.5 Å². The average Bonchev–Trinajstić information content (AvgIpc) is 2.77. The minimum Gasteiger partial charge on any atom is -0.342 e. The van der Waals surface area contributed by atoms with Crippen molar-refractivity contribution < 1.29 is 8.42 Å². The number of nitrogens with zero attached hydrogens (tertiary/aromatic N) is 1. The van der Waals surface area contributed by atoms with Crippen molar-refractivity contribution >= 4 is 20.9 Å². The first-order valence-electron chi connectivity index (χ1n) is 7.10. The van der Waals surface area contributed by atoms with Crippen molar-refractivity contribution in [3.05, 3.63) is 24.0 Å². The number of hydrogen-bond donors (Lipinski definition) is 2. The van der Waals surface area contributed by atoms with Gasteiger partial charge in [0.1, 0.15) is 5.82 Å². The molecule has 3 N–H and O–H groups in total. The van der Waals surface area contributed by atoms with Crippen molar-refractivity contribution in [1.29, 1.82) is 0 Å². The first kappa shape index (κ1) is 16.0. The van der Waals surface area contributed by atoms with Crippen LogP contribution < -0.4 is 5.73 Å². The molecule has 5 nitrogen and oxygen atoms in total. The number of aromatic nitrogens is 2. The smallest absolute Gasteiger partial charge is 0.175 e. The van der Waals surface area contributed by atoms with E-state index in [4.69, 9.17) is 5.73 Å². The molecule has 0 radical (unpaired) electrons. The normalized spacial score (nSPS) is 13.0. The lowest BCUT2D eigenvalue weighted by Crippen LogP contribution is -2.18. The van der Waals surface area contributed by atoms with Crippen LogP contribution in [0.3, 0.4) is 0 Å². The van der Waals surface area contributed by atoms with Crippen LogP contribution in [-0.2, 0) is 16.3 Å². The Labute approximate surface area is 125 Å². The summed E-state index contributed by atoms with van der Waals surface area (Å²) in [4.78, 5) is 8.05. The molecule has 0 spiro atoms. The number of aryl methyl sites for hydroxylation is 1. The van der Waals surface area contributed by atoms with Crippen LogP contribution in [0.25, 0.3) is 11.0 Å². The third-order valence-corrected chi connectivity index (χ3v) is 4.90. The van der Waals surface area contributed by atoms with Gasteiger partial charge in [-0.25, -0.2) is 13.4 Å². The van der Waals surface area contributed by atoms with Crippen LogP contribution >= 0.6 is 0 Å². The van der Waals surface area contributed by atoms with Gasteiger partial charge in [0.15, 0.2) is 9.84 Å². The summed E-state index contributed by atoms with van der Waals surface area (Å²) < 4.78 is 23.1. The van der Waals surface area contributed by atoms with Crippen LogP contribution in [0.15, 0.2) is 23.1 Å². The maximum Gasteiger partial charge on any atom is 0.175 e. The van der Waals surface area contributed by atoms with Crippen molar-refractivity contribution in [3.63, 3.8) is 0 Å². The molecular formula is C15H23N3O2S. The van der Waals surface area contributed by atoms with E-state index in [1.54, 1.807) is 18.2 Å². The molecule has 0 aliphatic rings. The minimum atomic E-state index is -3.19. The van der Waals surface area contributed by atoms with E-state index < -0.39 is 9.84 Å². The fourth-order valence-electron chi connectivity index (χ4n) is 2.36. The molecule has 2 rings (SSSR count). The molecule has 0 bridgehead atoms. The Kier molecular flexibility index (Phi) is 4.39. The van der Waals surface area contributed by atoms with E-state index in [0.717, 1.165) is 36.1 Å². The van der Waals surface area contributed by atoms with Gasteiger partial charge in [-0.15, -0.1) is 0 Å².